The van der Waals surface area contributed by atoms with Gasteiger partial charge >= 0.3 is 5.97 Å². The van der Waals surface area contributed by atoms with Crippen LogP contribution in [0.1, 0.15) is 46.1 Å². The summed E-state index contributed by atoms with van der Waals surface area (Å²) in [5, 5.41) is 0. The third kappa shape index (κ3) is 4.88. The Morgan fingerprint density at radius 1 is 1.36 bits per heavy atom. The molecule has 1 aromatic rings. The molecule has 0 aromatic heterocycles. The lowest BCUT2D eigenvalue weighted by atomic mass is 9.92. The number of carbonyl (C=O) groups is 1. The van der Waals surface area contributed by atoms with E-state index in [1.165, 1.54) is 6.07 Å². The second-order valence-corrected chi connectivity index (χ2v) is 8.04. The van der Waals surface area contributed by atoms with Gasteiger partial charge < -0.3 is 4.74 Å². The van der Waals surface area contributed by atoms with Crippen molar-refractivity contribution in [3.63, 3.8) is 0 Å². The SMILES string of the molecule is CCOC(=O)C(c1ccccc1F)C(C)N[S@](=O)C(C)(C)C. The van der Waals surface area contributed by atoms with Gasteiger partial charge in [0.05, 0.1) is 22.3 Å². The largest absolute Gasteiger partial charge is 0.465 e. The van der Waals surface area contributed by atoms with Gasteiger partial charge in [0, 0.05) is 11.6 Å². The second-order valence-electron chi connectivity index (χ2n) is 6.04. The molecule has 0 saturated carbocycles. The Bertz CT molecular complexity index is 542. The van der Waals surface area contributed by atoms with E-state index in [4.69, 9.17) is 4.74 Å². The standard InChI is InChI=1S/C16H24FNO3S/c1-6-21-15(19)14(12-9-7-8-10-13(12)17)11(2)18-22(20)16(3,4)5/h7-11,14,18H,6H2,1-5H3/t11?,14?,22-/m1/s1. The summed E-state index contributed by atoms with van der Waals surface area (Å²) in [7, 11) is -1.37. The molecule has 0 saturated heterocycles. The predicted molar refractivity (Wildman–Crippen MR) is 86.3 cm³/mol. The molecule has 0 radical (unpaired) electrons. The Balaban J connectivity index is 3.08. The monoisotopic (exact) mass is 329 g/mol. The van der Waals surface area contributed by atoms with Crippen LogP contribution in [0.15, 0.2) is 24.3 Å². The number of hydrogen-bond donors (Lipinski definition) is 1. The Morgan fingerprint density at radius 3 is 2.45 bits per heavy atom. The maximum absolute atomic E-state index is 14.1. The van der Waals surface area contributed by atoms with E-state index in [1.54, 1.807) is 32.0 Å². The summed E-state index contributed by atoms with van der Waals surface area (Å²) in [6.07, 6.45) is 0. The van der Waals surface area contributed by atoms with Gasteiger partial charge in [-0.1, -0.05) is 18.2 Å². The Morgan fingerprint density at radius 2 is 1.95 bits per heavy atom. The number of hydrogen-bond acceptors (Lipinski definition) is 3. The first-order chi connectivity index (χ1) is 10.2. The van der Waals surface area contributed by atoms with Crippen LogP contribution in [-0.4, -0.2) is 27.6 Å². The molecule has 0 amide bonds. The summed E-state index contributed by atoms with van der Waals surface area (Å²) in [6, 6.07) is 5.55. The normalized spacial score (nSPS) is 15.9. The van der Waals surface area contributed by atoms with Crippen LogP contribution in [0.25, 0.3) is 0 Å². The van der Waals surface area contributed by atoms with Crippen molar-refractivity contribution in [1.29, 1.82) is 0 Å². The fraction of sp³-hybridized carbons (Fsp3) is 0.562. The van der Waals surface area contributed by atoms with Gasteiger partial charge in [-0.05, 0) is 40.7 Å². The molecule has 0 fully saturated rings. The van der Waals surface area contributed by atoms with Crippen molar-refractivity contribution in [2.75, 3.05) is 6.61 Å². The van der Waals surface area contributed by atoms with Crippen LogP contribution >= 0.6 is 0 Å². The third-order valence-corrected chi connectivity index (χ3v) is 4.83. The zero-order valence-electron chi connectivity index (χ0n) is 13.7. The summed E-state index contributed by atoms with van der Waals surface area (Å²) in [5.74, 6) is -1.86. The van der Waals surface area contributed by atoms with Crippen LogP contribution < -0.4 is 4.72 Å². The zero-order chi connectivity index (χ0) is 16.9. The van der Waals surface area contributed by atoms with Crippen LogP contribution in [0.3, 0.4) is 0 Å². The maximum Gasteiger partial charge on any atom is 0.315 e. The fourth-order valence-corrected chi connectivity index (χ4v) is 2.80. The number of benzene rings is 1. The van der Waals surface area contributed by atoms with Crippen molar-refractivity contribution in [3.05, 3.63) is 35.6 Å². The molecule has 3 atom stereocenters. The molecule has 0 aliphatic heterocycles. The van der Waals surface area contributed by atoms with E-state index < -0.39 is 39.5 Å². The lowest BCUT2D eigenvalue weighted by Crippen LogP contribution is -2.43. The average Bonchev–Trinajstić information content (AvgIpc) is 2.40. The van der Waals surface area contributed by atoms with E-state index in [0.717, 1.165) is 0 Å². The summed E-state index contributed by atoms with van der Waals surface area (Å²) in [5.41, 5.74) is 0.242. The van der Waals surface area contributed by atoms with Crippen LogP contribution in [0.4, 0.5) is 4.39 Å². The topological polar surface area (TPSA) is 55.4 Å². The van der Waals surface area contributed by atoms with Crippen molar-refractivity contribution < 1.29 is 18.1 Å². The highest BCUT2D eigenvalue weighted by Gasteiger charge is 2.33. The van der Waals surface area contributed by atoms with E-state index in [0.29, 0.717) is 0 Å². The number of esters is 1. The molecule has 6 heteroatoms. The molecular formula is C16H24FNO3S. The Hall–Kier alpha value is -1.27. The second kappa shape index (κ2) is 7.83. The summed E-state index contributed by atoms with van der Waals surface area (Å²) in [6.45, 7) is 9.08. The highest BCUT2D eigenvalue weighted by molar-refractivity contribution is 7.84. The molecule has 124 valence electrons. The van der Waals surface area contributed by atoms with Crippen LogP contribution in [0, 0.1) is 5.82 Å². The Kier molecular flexibility index (Phi) is 6.68. The average molecular weight is 329 g/mol. The summed E-state index contributed by atoms with van der Waals surface area (Å²) < 4.78 is 33.8. The van der Waals surface area contributed by atoms with Crippen LogP contribution in [0.5, 0.6) is 0 Å². The predicted octanol–water partition coefficient (Wildman–Crippen LogP) is 2.91. The van der Waals surface area contributed by atoms with E-state index in [-0.39, 0.29) is 12.2 Å². The summed E-state index contributed by atoms with van der Waals surface area (Å²) >= 11 is 0. The lowest BCUT2D eigenvalue weighted by molar-refractivity contribution is -0.145. The zero-order valence-corrected chi connectivity index (χ0v) is 14.5. The van der Waals surface area contributed by atoms with Gasteiger partial charge in [0.2, 0.25) is 0 Å². The highest BCUT2D eigenvalue weighted by atomic mass is 32.2. The molecule has 0 bridgehead atoms. The molecule has 0 heterocycles. The van der Waals surface area contributed by atoms with Gasteiger partial charge in [0.15, 0.2) is 0 Å². The van der Waals surface area contributed by atoms with Crippen molar-refractivity contribution in [1.82, 2.24) is 4.72 Å². The van der Waals surface area contributed by atoms with E-state index >= 15 is 0 Å². The lowest BCUT2D eigenvalue weighted by Gasteiger charge is -2.27. The van der Waals surface area contributed by atoms with Gasteiger partial charge in [-0.15, -0.1) is 0 Å². The minimum Gasteiger partial charge on any atom is -0.465 e. The van der Waals surface area contributed by atoms with Gasteiger partial charge in [-0.2, -0.15) is 0 Å². The van der Waals surface area contributed by atoms with Crippen LogP contribution in [-0.2, 0) is 20.5 Å². The number of nitrogens with one attached hydrogen (secondary N) is 1. The quantitative estimate of drug-likeness (QED) is 0.817. The first kappa shape index (κ1) is 18.8. The smallest absolute Gasteiger partial charge is 0.315 e. The van der Waals surface area contributed by atoms with Gasteiger partial charge in [-0.25, -0.2) is 13.3 Å². The first-order valence-corrected chi connectivity index (χ1v) is 8.42. The molecule has 4 nitrogen and oxygen atoms in total. The minimum atomic E-state index is -1.37. The first-order valence-electron chi connectivity index (χ1n) is 7.27. The van der Waals surface area contributed by atoms with E-state index in [2.05, 4.69) is 4.72 Å². The fourth-order valence-electron chi connectivity index (χ4n) is 1.97. The molecule has 0 aliphatic carbocycles. The molecule has 1 N–H and O–H groups in total. The number of carbonyl (C=O) groups excluding carboxylic acids is 1. The minimum absolute atomic E-state index is 0.207. The summed E-state index contributed by atoms with van der Waals surface area (Å²) in [4.78, 5) is 12.2. The number of rotatable bonds is 6. The van der Waals surface area contributed by atoms with Crippen molar-refractivity contribution in [2.45, 2.75) is 51.3 Å². The number of ether oxygens (including phenoxy) is 1. The van der Waals surface area contributed by atoms with Gasteiger partial charge in [0.25, 0.3) is 0 Å². The molecule has 1 rings (SSSR count). The molecular weight excluding hydrogens is 305 g/mol. The van der Waals surface area contributed by atoms with E-state index in [1.807, 2.05) is 20.8 Å². The van der Waals surface area contributed by atoms with E-state index in [9.17, 15) is 13.4 Å². The van der Waals surface area contributed by atoms with Gasteiger partial charge in [-0.3, -0.25) is 4.79 Å². The van der Waals surface area contributed by atoms with Crippen molar-refractivity contribution in [3.8, 4) is 0 Å². The van der Waals surface area contributed by atoms with Crippen LogP contribution in [0.2, 0.25) is 0 Å². The van der Waals surface area contributed by atoms with Gasteiger partial charge in [0.1, 0.15) is 11.7 Å². The molecule has 1 aromatic carbocycles. The highest BCUT2D eigenvalue weighted by Crippen LogP contribution is 2.25. The van der Waals surface area contributed by atoms with Crippen molar-refractivity contribution in [2.24, 2.45) is 0 Å². The third-order valence-electron chi connectivity index (χ3n) is 3.13. The number of halogens is 1. The molecule has 0 spiro atoms. The molecule has 2 unspecified atom stereocenters. The molecule has 22 heavy (non-hydrogen) atoms. The van der Waals surface area contributed by atoms with Crippen molar-refractivity contribution >= 4 is 17.0 Å². The maximum atomic E-state index is 14.1. The Labute approximate surface area is 134 Å². The molecule has 0 aliphatic rings.